The molecule has 4 aromatic rings. The van der Waals surface area contributed by atoms with E-state index in [1.54, 1.807) is 17.9 Å². The molecule has 0 spiro atoms. The Labute approximate surface area is 202 Å². The molecule has 0 aromatic carbocycles. The van der Waals surface area contributed by atoms with Crippen molar-refractivity contribution < 1.29 is 22.8 Å². The molecule has 0 radical (unpaired) electrons. The first-order valence-electron chi connectivity index (χ1n) is 11.0. The Morgan fingerprint density at radius 3 is 2.53 bits per heavy atom. The topological polar surface area (TPSA) is 123 Å². The summed E-state index contributed by atoms with van der Waals surface area (Å²) in [6.45, 7) is -0.229. The van der Waals surface area contributed by atoms with Crippen molar-refractivity contribution >= 4 is 39.4 Å². The highest BCUT2D eigenvalue weighted by molar-refractivity contribution is 6.09. The van der Waals surface area contributed by atoms with Crippen molar-refractivity contribution in [2.24, 2.45) is 13.0 Å². The number of anilines is 1. The molecule has 13 heteroatoms. The molecule has 2 N–H and O–H groups in total. The molecular weight excluding hydrogens is 477 g/mol. The summed E-state index contributed by atoms with van der Waals surface area (Å²) >= 11 is 0. The minimum Gasteiger partial charge on any atom is -0.383 e. The van der Waals surface area contributed by atoms with Crippen LogP contribution in [0, 0.1) is 5.92 Å². The average Bonchev–Trinajstić information content (AvgIpc) is 3.62. The first-order chi connectivity index (χ1) is 17.0. The predicted molar refractivity (Wildman–Crippen MR) is 123 cm³/mol. The minimum atomic E-state index is -4.54. The number of fused-ring (bicyclic) bond motifs is 3. The van der Waals surface area contributed by atoms with Crippen molar-refractivity contribution in [2.45, 2.75) is 25.6 Å². The van der Waals surface area contributed by atoms with E-state index in [2.05, 4.69) is 20.1 Å². The molecule has 186 valence electrons. The van der Waals surface area contributed by atoms with Crippen molar-refractivity contribution in [1.29, 1.82) is 0 Å². The maximum absolute atomic E-state index is 13.6. The Morgan fingerprint density at radius 1 is 1.14 bits per heavy atom. The second kappa shape index (κ2) is 8.43. The zero-order chi connectivity index (χ0) is 25.8. The van der Waals surface area contributed by atoms with E-state index in [9.17, 15) is 22.8 Å². The highest BCUT2D eigenvalue weighted by Crippen LogP contribution is 2.32. The summed E-state index contributed by atoms with van der Waals surface area (Å²) in [4.78, 5) is 38.8. The van der Waals surface area contributed by atoms with Gasteiger partial charge in [-0.25, -0.2) is 15.0 Å². The van der Waals surface area contributed by atoms with Crippen LogP contribution in [0.1, 0.15) is 34.6 Å². The summed E-state index contributed by atoms with van der Waals surface area (Å²) in [7, 11) is 3.18. The molecule has 0 bridgehead atoms. The van der Waals surface area contributed by atoms with Crippen LogP contribution in [0.2, 0.25) is 0 Å². The van der Waals surface area contributed by atoms with E-state index in [-0.39, 0.29) is 35.6 Å². The second-order valence-corrected chi connectivity index (χ2v) is 8.65. The fourth-order valence-corrected chi connectivity index (χ4v) is 3.98. The summed E-state index contributed by atoms with van der Waals surface area (Å²) in [6, 6.07) is 3.60. The number of rotatable bonds is 4. The molecule has 1 aliphatic rings. The quantitative estimate of drug-likeness (QED) is 0.429. The molecule has 36 heavy (non-hydrogen) atoms. The van der Waals surface area contributed by atoms with Gasteiger partial charge >= 0.3 is 6.18 Å². The number of nitrogens with two attached hydrogens (primary N) is 1. The normalized spacial score (nSPS) is 13.8. The lowest BCUT2D eigenvalue weighted by molar-refractivity contribution is -0.144. The van der Waals surface area contributed by atoms with Crippen LogP contribution in [0.15, 0.2) is 36.8 Å². The lowest BCUT2D eigenvalue weighted by Crippen LogP contribution is -2.48. The van der Waals surface area contributed by atoms with E-state index in [0.717, 1.165) is 11.1 Å². The van der Waals surface area contributed by atoms with Gasteiger partial charge in [0.05, 0.1) is 46.6 Å². The highest BCUT2D eigenvalue weighted by Gasteiger charge is 2.36. The molecule has 1 aliphatic carbocycles. The van der Waals surface area contributed by atoms with Crippen molar-refractivity contribution in [3.63, 3.8) is 0 Å². The zero-order valence-electron chi connectivity index (χ0n) is 19.3. The van der Waals surface area contributed by atoms with Gasteiger partial charge in [0.15, 0.2) is 0 Å². The summed E-state index contributed by atoms with van der Waals surface area (Å²) in [5.74, 6) is -0.810. The molecule has 1 fully saturated rings. The SMILES string of the molecule is CN(C(=O)C1CC1)N(Cc1ccc(C(F)(F)F)cn1)C(=O)c1cc2c(cn1)nc(N)c1cnn(C)c12. The number of nitrogen functional groups attached to an aromatic ring is 1. The largest absolute Gasteiger partial charge is 0.417 e. The summed E-state index contributed by atoms with van der Waals surface area (Å²) in [5.41, 5.74) is 6.42. The van der Waals surface area contributed by atoms with Gasteiger partial charge in [0.1, 0.15) is 11.5 Å². The number of aromatic nitrogens is 5. The fraction of sp³-hybridized carbons (Fsp3) is 0.304. The lowest BCUT2D eigenvalue weighted by Gasteiger charge is -2.31. The number of alkyl halides is 3. The van der Waals surface area contributed by atoms with E-state index >= 15 is 0 Å². The number of hydrazine groups is 1. The summed E-state index contributed by atoms with van der Waals surface area (Å²) in [6.07, 6.45) is 0.562. The molecule has 0 saturated heterocycles. The number of hydrogen-bond donors (Lipinski definition) is 1. The van der Waals surface area contributed by atoms with Crippen molar-refractivity contribution in [1.82, 2.24) is 34.8 Å². The van der Waals surface area contributed by atoms with Crippen LogP contribution in [0.25, 0.3) is 21.8 Å². The van der Waals surface area contributed by atoms with E-state index in [1.165, 1.54) is 30.4 Å². The molecule has 4 aromatic heterocycles. The predicted octanol–water partition coefficient (Wildman–Crippen LogP) is 2.94. The average molecular weight is 498 g/mol. The van der Waals surface area contributed by atoms with Crippen LogP contribution in [0.5, 0.6) is 0 Å². The molecule has 0 atom stereocenters. The molecule has 10 nitrogen and oxygen atoms in total. The van der Waals surface area contributed by atoms with Gasteiger partial charge in [-0.1, -0.05) is 0 Å². The van der Waals surface area contributed by atoms with Gasteiger partial charge in [0, 0.05) is 31.6 Å². The van der Waals surface area contributed by atoms with E-state index in [0.29, 0.717) is 40.8 Å². The van der Waals surface area contributed by atoms with Crippen molar-refractivity contribution in [3.8, 4) is 0 Å². The summed E-state index contributed by atoms with van der Waals surface area (Å²) < 4.78 is 40.4. The minimum absolute atomic E-state index is 0.0129. The van der Waals surface area contributed by atoms with Gasteiger partial charge in [-0.3, -0.25) is 24.3 Å². The van der Waals surface area contributed by atoms with Crippen LogP contribution >= 0.6 is 0 Å². The Kier molecular flexibility index (Phi) is 5.49. The number of carbonyl (C=O) groups is 2. The van der Waals surface area contributed by atoms with Crippen LogP contribution in [0.3, 0.4) is 0 Å². The van der Waals surface area contributed by atoms with Gasteiger partial charge in [-0.05, 0) is 31.0 Å². The highest BCUT2D eigenvalue weighted by atomic mass is 19.4. The van der Waals surface area contributed by atoms with Crippen LogP contribution in [-0.2, 0) is 24.6 Å². The van der Waals surface area contributed by atoms with Gasteiger partial charge in [0.2, 0.25) is 5.91 Å². The molecule has 4 heterocycles. The Bertz CT molecular complexity index is 1500. The van der Waals surface area contributed by atoms with Crippen LogP contribution < -0.4 is 5.73 Å². The van der Waals surface area contributed by atoms with Gasteiger partial charge < -0.3 is 5.73 Å². The molecule has 2 amide bonds. The Morgan fingerprint density at radius 2 is 1.89 bits per heavy atom. The monoisotopic (exact) mass is 498 g/mol. The van der Waals surface area contributed by atoms with E-state index < -0.39 is 17.6 Å². The van der Waals surface area contributed by atoms with Gasteiger partial charge in [-0.15, -0.1) is 0 Å². The second-order valence-electron chi connectivity index (χ2n) is 8.65. The Hall–Kier alpha value is -4.29. The number of hydrogen-bond acceptors (Lipinski definition) is 7. The number of amides is 2. The van der Waals surface area contributed by atoms with E-state index in [1.807, 2.05) is 0 Å². The standard InChI is InChI=1S/C23H21F3N8O2/c1-32-19-15-7-17(29-10-18(15)31-20(27)16(19)9-30-32)22(36)34(33(2)21(35)12-3-4-12)11-14-6-5-13(8-28-14)23(24,25)26/h5-10,12H,3-4,11H2,1-2H3,(H2,27,31). The summed E-state index contributed by atoms with van der Waals surface area (Å²) in [5, 5.41) is 7.73. The Balaban J connectivity index is 1.53. The molecule has 0 unspecified atom stereocenters. The van der Waals surface area contributed by atoms with Gasteiger partial charge in [-0.2, -0.15) is 18.3 Å². The first-order valence-corrected chi connectivity index (χ1v) is 11.0. The third-order valence-corrected chi connectivity index (χ3v) is 6.12. The molecular formula is C23H21F3N8O2. The number of aryl methyl sites for hydroxylation is 1. The third kappa shape index (κ3) is 4.16. The maximum atomic E-state index is 13.6. The number of nitrogens with zero attached hydrogens (tertiary/aromatic N) is 7. The maximum Gasteiger partial charge on any atom is 0.417 e. The lowest BCUT2D eigenvalue weighted by atomic mass is 10.1. The smallest absolute Gasteiger partial charge is 0.383 e. The molecule has 0 aliphatic heterocycles. The number of halogens is 3. The van der Waals surface area contributed by atoms with Crippen LogP contribution in [-0.4, -0.2) is 53.6 Å². The van der Waals surface area contributed by atoms with Gasteiger partial charge in [0.25, 0.3) is 5.91 Å². The number of carbonyl (C=O) groups excluding carboxylic acids is 2. The first kappa shape index (κ1) is 23.5. The third-order valence-electron chi connectivity index (χ3n) is 6.12. The number of pyridine rings is 3. The zero-order valence-corrected chi connectivity index (χ0v) is 19.3. The van der Waals surface area contributed by atoms with Crippen LogP contribution in [0.4, 0.5) is 19.0 Å². The van der Waals surface area contributed by atoms with Crippen molar-refractivity contribution in [3.05, 3.63) is 53.7 Å². The fourth-order valence-electron chi connectivity index (χ4n) is 3.98. The van der Waals surface area contributed by atoms with E-state index in [4.69, 9.17) is 5.73 Å². The van der Waals surface area contributed by atoms with Crippen molar-refractivity contribution in [2.75, 3.05) is 12.8 Å². The molecule has 1 saturated carbocycles. The molecule has 5 rings (SSSR count).